The summed E-state index contributed by atoms with van der Waals surface area (Å²) in [6, 6.07) is 7.79. The van der Waals surface area contributed by atoms with Crippen molar-refractivity contribution in [2.24, 2.45) is 0 Å². The Labute approximate surface area is 116 Å². The van der Waals surface area contributed by atoms with Crippen LogP contribution < -0.4 is 5.32 Å². The van der Waals surface area contributed by atoms with E-state index in [1.807, 2.05) is 18.2 Å². The molecule has 0 aliphatic rings. The quantitative estimate of drug-likeness (QED) is 0.775. The molecule has 1 rings (SSSR count). The van der Waals surface area contributed by atoms with Gasteiger partial charge < -0.3 is 10.4 Å². The Morgan fingerprint density at radius 3 is 2.58 bits per heavy atom. The van der Waals surface area contributed by atoms with E-state index in [0.717, 1.165) is 24.8 Å². The maximum atomic E-state index is 12.0. The molecule has 0 atom stereocenters. The molecule has 1 amide bonds. The number of carbonyl (C=O) groups is 1. The summed E-state index contributed by atoms with van der Waals surface area (Å²) < 4.78 is 0. The van der Waals surface area contributed by atoms with Crippen molar-refractivity contribution >= 4 is 5.91 Å². The van der Waals surface area contributed by atoms with Crippen molar-refractivity contribution in [1.29, 1.82) is 0 Å². The fourth-order valence-electron chi connectivity index (χ4n) is 1.84. The van der Waals surface area contributed by atoms with Gasteiger partial charge in [-0.3, -0.25) is 4.79 Å². The van der Waals surface area contributed by atoms with Gasteiger partial charge in [0.1, 0.15) is 0 Å². The zero-order valence-corrected chi connectivity index (χ0v) is 12.2. The fourth-order valence-corrected chi connectivity index (χ4v) is 1.84. The van der Waals surface area contributed by atoms with Gasteiger partial charge >= 0.3 is 0 Å². The molecule has 0 unspecified atom stereocenters. The number of hydrogen-bond donors (Lipinski definition) is 2. The van der Waals surface area contributed by atoms with Crippen molar-refractivity contribution in [2.45, 2.75) is 45.4 Å². The molecule has 106 valence electrons. The summed E-state index contributed by atoms with van der Waals surface area (Å²) in [6.07, 6.45) is 2.65. The number of carbonyl (C=O) groups excluding carboxylic acids is 1. The Kier molecular flexibility index (Phi) is 6.03. The molecule has 1 aromatic rings. The highest BCUT2D eigenvalue weighted by molar-refractivity contribution is 5.94. The van der Waals surface area contributed by atoms with Gasteiger partial charge in [0.05, 0.1) is 0 Å². The average Bonchev–Trinajstić information content (AvgIpc) is 2.37. The summed E-state index contributed by atoms with van der Waals surface area (Å²) in [5.74, 6) is -0.0184. The van der Waals surface area contributed by atoms with Gasteiger partial charge in [0.2, 0.25) is 0 Å². The Morgan fingerprint density at radius 1 is 1.21 bits per heavy atom. The number of amides is 1. The van der Waals surface area contributed by atoms with Crippen LogP contribution in [-0.4, -0.2) is 24.2 Å². The van der Waals surface area contributed by atoms with Crippen LogP contribution >= 0.6 is 0 Å². The average molecular weight is 263 g/mol. The van der Waals surface area contributed by atoms with E-state index in [9.17, 15) is 4.79 Å². The molecule has 0 radical (unpaired) electrons. The summed E-state index contributed by atoms with van der Waals surface area (Å²) in [7, 11) is 0. The van der Waals surface area contributed by atoms with Crippen LogP contribution in [0.5, 0.6) is 0 Å². The van der Waals surface area contributed by atoms with Gasteiger partial charge in [0.25, 0.3) is 5.91 Å². The molecule has 0 bridgehead atoms. The summed E-state index contributed by atoms with van der Waals surface area (Å²) in [5, 5.41) is 11.6. The standard InChI is InChI=1S/C16H25NO2/c1-16(2,3)14-9-7-8-13(12-14)15(19)17-10-5-4-6-11-18/h7-9,12,18H,4-6,10-11H2,1-3H3,(H,17,19). The van der Waals surface area contributed by atoms with Crippen LogP contribution in [-0.2, 0) is 5.41 Å². The highest BCUT2D eigenvalue weighted by atomic mass is 16.2. The first-order chi connectivity index (χ1) is 8.95. The third kappa shape index (κ3) is 5.43. The minimum Gasteiger partial charge on any atom is -0.396 e. The first kappa shape index (κ1) is 15.7. The molecule has 0 spiro atoms. The van der Waals surface area contributed by atoms with Crippen LogP contribution in [0.1, 0.15) is 56.0 Å². The molecule has 19 heavy (non-hydrogen) atoms. The molecule has 3 heteroatoms. The summed E-state index contributed by atoms with van der Waals surface area (Å²) in [4.78, 5) is 12.0. The molecular weight excluding hydrogens is 238 g/mol. The first-order valence-electron chi connectivity index (χ1n) is 6.95. The Bertz CT molecular complexity index is 407. The first-order valence-corrected chi connectivity index (χ1v) is 6.95. The minimum atomic E-state index is -0.0184. The minimum absolute atomic E-state index is 0.0184. The van der Waals surface area contributed by atoms with Crippen molar-refractivity contribution in [3.8, 4) is 0 Å². The summed E-state index contributed by atoms with van der Waals surface area (Å²) >= 11 is 0. The molecule has 3 nitrogen and oxygen atoms in total. The number of unbranched alkanes of at least 4 members (excludes halogenated alkanes) is 2. The van der Waals surface area contributed by atoms with Gasteiger partial charge in [-0.1, -0.05) is 32.9 Å². The molecular formula is C16H25NO2. The topological polar surface area (TPSA) is 49.3 Å². The van der Waals surface area contributed by atoms with Crippen LogP contribution in [0.4, 0.5) is 0 Å². The van der Waals surface area contributed by atoms with E-state index in [1.165, 1.54) is 5.56 Å². The van der Waals surface area contributed by atoms with Crippen LogP contribution in [0, 0.1) is 0 Å². The van der Waals surface area contributed by atoms with Gasteiger partial charge in [-0.25, -0.2) is 0 Å². The SMILES string of the molecule is CC(C)(C)c1cccc(C(=O)NCCCCCO)c1. The van der Waals surface area contributed by atoms with Gasteiger partial charge in [-0.15, -0.1) is 0 Å². The van der Waals surface area contributed by atoms with E-state index in [-0.39, 0.29) is 17.9 Å². The van der Waals surface area contributed by atoms with Crippen molar-refractivity contribution in [3.63, 3.8) is 0 Å². The normalized spacial score (nSPS) is 11.4. The van der Waals surface area contributed by atoms with Gasteiger partial charge in [0.15, 0.2) is 0 Å². The number of aliphatic hydroxyl groups excluding tert-OH is 1. The molecule has 0 aliphatic heterocycles. The fraction of sp³-hybridized carbons (Fsp3) is 0.562. The van der Waals surface area contributed by atoms with Crippen molar-refractivity contribution in [2.75, 3.05) is 13.2 Å². The second-order valence-corrected chi connectivity index (χ2v) is 5.87. The Hall–Kier alpha value is -1.35. The Balaban J connectivity index is 2.53. The number of hydrogen-bond acceptors (Lipinski definition) is 2. The zero-order valence-electron chi connectivity index (χ0n) is 12.2. The van der Waals surface area contributed by atoms with Crippen LogP contribution in [0.25, 0.3) is 0 Å². The maximum Gasteiger partial charge on any atom is 0.251 e. The summed E-state index contributed by atoms with van der Waals surface area (Å²) in [6.45, 7) is 7.30. The lowest BCUT2D eigenvalue weighted by molar-refractivity contribution is 0.0952. The van der Waals surface area contributed by atoms with E-state index in [4.69, 9.17) is 5.11 Å². The number of nitrogens with one attached hydrogen (secondary N) is 1. The molecule has 0 saturated carbocycles. The second kappa shape index (κ2) is 7.29. The number of benzene rings is 1. The lowest BCUT2D eigenvalue weighted by Crippen LogP contribution is -2.25. The molecule has 0 aromatic heterocycles. The lowest BCUT2D eigenvalue weighted by Gasteiger charge is -2.19. The number of rotatable bonds is 6. The maximum absolute atomic E-state index is 12.0. The van der Waals surface area contributed by atoms with E-state index in [0.29, 0.717) is 6.54 Å². The largest absolute Gasteiger partial charge is 0.396 e. The van der Waals surface area contributed by atoms with E-state index in [2.05, 4.69) is 32.2 Å². The highest BCUT2D eigenvalue weighted by Crippen LogP contribution is 2.22. The van der Waals surface area contributed by atoms with Crippen molar-refractivity contribution in [1.82, 2.24) is 5.32 Å². The van der Waals surface area contributed by atoms with E-state index in [1.54, 1.807) is 0 Å². The third-order valence-electron chi connectivity index (χ3n) is 3.11. The third-order valence-corrected chi connectivity index (χ3v) is 3.11. The summed E-state index contributed by atoms with van der Waals surface area (Å²) in [5.41, 5.74) is 1.94. The molecule has 0 saturated heterocycles. The van der Waals surface area contributed by atoms with Crippen LogP contribution in [0.15, 0.2) is 24.3 Å². The van der Waals surface area contributed by atoms with E-state index < -0.39 is 0 Å². The predicted molar refractivity (Wildman–Crippen MR) is 78.4 cm³/mol. The van der Waals surface area contributed by atoms with E-state index >= 15 is 0 Å². The van der Waals surface area contributed by atoms with Crippen LogP contribution in [0.2, 0.25) is 0 Å². The molecule has 0 heterocycles. The molecule has 2 N–H and O–H groups in total. The number of aliphatic hydroxyl groups is 1. The smallest absolute Gasteiger partial charge is 0.251 e. The Morgan fingerprint density at radius 2 is 1.95 bits per heavy atom. The predicted octanol–water partition coefficient (Wildman–Crippen LogP) is 2.88. The molecule has 0 fully saturated rings. The van der Waals surface area contributed by atoms with Gasteiger partial charge in [0, 0.05) is 18.7 Å². The molecule has 1 aromatic carbocycles. The molecule has 0 aliphatic carbocycles. The monoisotopic (exact) mass is 263 g/mol. The lowest BCUT2D eigenvalue weighted by atomic mass is 9.86. The van der Waals surface area contributed by atoms with Gasteiger partial charge in [-0.05, 0) is 42.4 Å². The zero-order chi connectivity index (χ0) is 14.3. The van der Waals surface area contributed by atoms with Crippen molar-refractivity contribution in [3.05, 3.63) is 35.4 Å². The van der Waals surface area contributed by atoms with Gasteiger partial charge in [-0.2, -0.15) is 0 Å². The highest BCUT2D eigenvalue weighted by Gasteiger charge is 2.15. The van der Waals surface area contributed by atoms with Crippen molar-refractivity contribution < 1.29 is 9.90 Å². The second-order valence-electron chi connectivity index (χ2n) is 5.87. The van der Waals surface area contributed by atoms with Crippen LogP contribution in [0.3, 0.4) is 0 Å².